The number of nitrogens with one attached hydrogen (secondary N) is 1. The Labute approximate surface area is 122 Å². The molecule has 0 radical (unpaired) electrons. The summed E-state index contributed by atoms with van der Waals surface area (Å²) in [6.45, 7) is 4.99. The Balaban J connectivity index is 1.74. The molecule has 2 atom stereocenters. The molecule has 1 saturated heterocycles. The molecule has 0 aromatic carbocycles. The number of hydrogen-bond donors (Lipinski definition) is 1. The van der Waals surface area contributed by atoms with Gasteiger partial charge in [0, 0.05) is 32.0 Å². The molecule has 7 heteroatoms. The zero-order valence-corrected chi connectivity index (χ0v) is 12.7. The zero-order valence-electron chi connectivity index (χ0n) is 11.9. The van der Waals surface area contributed by atoms with Gasteiger partial charge in [-0.25, -0.2) is 4.98 Å². The Kier molecular flexibility index (Phi) is 3.71. The predicted octanol–water partition coefficient (Wildman–Crippen LogP) is 2.34. The smallest absolute Gasteiger partial charge is 0.206 e. The SMILES string of the molecule is CC(C)c1nnc(N[C@H]2CCO[C@@H]2c2nccn2C)s1. The molecule has 0 aliphatic carbocycles. The van der Waals surface area contributed by atoms with Gasteiger partial charge in [0.1, 0.15) is 16.9 Å². The van der Waals surface area contributed by atoms with E-state index in [4.69, 9.17) is 4.74 Å². The molecule has 2 aromatic heterocycles. The third kappa shape index (κ3) is 2.55. The van der Waals surface area contributed by atoms with Crippen molar-refractivity contribution in [1.29, 1.82) is 0 Å². The number of hydrogen-bond acceptors (Lipinski definition) is 6. The molecule has 1 aliphatic heterocycles. The lowest BCUT2D eigenvalue weighted by molar-refractivity contribution is 0.0983. The van der Waals surface area contributed by atoms with Crippen molar-refractivity contribution in [3.05, 3.63) is 23.2 Å². The predicted molar refractivity (Wildman–Crippen MR) is 77.9 cm³/mol. The van der Waals surface area contributed by atoms with E-state index in [9.17, 15) is 0 Å². The van der Waals surface area contributed by atoms with Crippen molar-refractivity contribution in [1.82, 2.24) is 19.7 Å². The molecule has 1 fully saturated rings. The molecule has 0 unspecified atom stereocenters. The van der Waals surface area contributed by atoms with Crippen molar-refractivity contribution in [2.45, 2.75) is 38.3 Å². The molecule has 0 saturated carbocycles. The van der Waals surface area contributed by atoms with E-state index in [2.05, 4.69) is 34.3 Å². The molecule has 3 heterocycles. The molecule has 6 nitrogen and oxygen atoms in total. The van der Waals surface area contributed by atoms with Crippen LogP contribution in [-0.2, 0) is 11.8 Å². The number of aromatic nitrogens is 4. The summed E-state index contributed by atoms with van der Waals surface area (Å²) < 4.78 is 7.83. The first-order valence-corrected chi connectivity index (χ1v) is 7.65. The zero-order chi connectivity index (χ0) is 14.1. The lowest BCUT2D eigenvalue weighted by atomic mass is 10.1. The Hall–Kier alpha value is -1.47. The van der Waals surface area contributed by atoms with E-state index in [0.717, 1.165) is 29.0 Å². The van der Waals surface area contributed by atoms with Crippen LogP contribution in [-0.4, -0.2) is 32.4 Å². The van der Waals surface area contributed by atoms with Crippen molar-refractivity contribution in [3.63, 3.8) is 0 Å². The van der Waals surface area contributed by atoms with Crippen LogP contribution < -0.4 is 5.32 Å². The molecule has 1 aliphatic rings. The quantitative estimate of drug-likeness (QED) is 0.937. The molecule has 3 rings (SSSR count). The summed E-state index contributed by atoms with van der Waals surface area (Å²) in [5.74, 6) is 1.36. The minimum Gasteiger partial charge on any atom is -0.368 e. The molecular formula is C13H19N5OS. The van der Waals surface area contributed by atoms with Gasteiger partial charge in [-0.05, 0) is 6.42 Å². The number of imidazole rings is 1. The van der Waals surface area contributed by atoms with Crippen LogP contribution in [0, 0.1) is 0 Å². The summed E-state index contributed by atoms with van der Waals surface area (Å²) in [7, 11) is 1.99. The van der Waals surface area contributed by atoms with E-state index in [0.29, 0.717) is 5.92 Å². The number of anilines is 1. The fourth-order valence-corrected chi connectivity index (χ4v) is 3.14. The molecule has 2 aromatic rings. The number of ether oxygens (including phenoxy) is 1. The minimum atomic E-state index is -0.0265. The lowest BCUT2D eigenvalue weighted by Crippen LogP contribution is -2.25. The van der Waals surface area contributed by atoms with Gasteiger partial charge in [0.15, 0.2) is 0 Å². The first kappa shape index (κ1) is 13.5. The monoisotopic (exact) mass is 293 g/mol. The van der Waals surface area contributed by atoms with Crippen LogP contribution in [0.3, 0.4) is 0 Å². The second-order valence-electron chi connectivity index (χ2n) is 5.33. The third-order valence-electron chi connectivity index (χ3n) is 3.45. The Morgan fingerprint density at radius 3 is 2.95 bits per heavy atom. The van der Waals surface area contributed by atoms with Crippen molar-refractivity contribution in [3.8, 4) is 0 Å². The van der Waals surface area contributed by atoms with E-state index in [1.807, 2.05) is 17.8 Å². The van der Waals surface area contributed by atoms with Gasteiger partial charge in [0.2, 0.25) is 5.13 Å². The van der Waals surface area contributed by atoms with Gasteiger partial charge < -0.3 is 14.6 Å². The summed E-state index contributed by atoms with van der Waals surface area (Å²) in [6.07, 6.45) is 4.67. The fraction of sp³-hybridized carbons (Fsp3) is 0.615. The van der Waals surface area contributed by atoms with Gasteiger partial charge in [-0.3, -0.25) is 0 Å². The van der Waals surface area contributed by atoms with Crippen LogP contribution >= 0.6 is 11.3 Å². The number of nitrogens with zero attached hydrogens (tertiary/aromatic N) is 4. The number of rotatable bonds is 4. The highest BCUT2D eigenvalue weighted by molar-refractivity contribution is 7.15. The summed E-state index contributed by atoms with van der Waals surface area (Å²) in [4.78, 5) is 4.39. The van der Waals surface area contributed by atoms with Crippen LogP contribution in [0.25, 0.3) is 0 Å². The highest BCUT2D eigenvalue weighted by Gasteiger charge is 2.33. The molecule has 1 N–H and O–H groups in total. The van der Waals surface area contributed by atoms with Gasteiger partial charge in [-0.15, -0.1) is 10.2 Å². The lowest BCUT2D eigenvalue weighted by Gasteiger charge is -2.18. The largest absolute Gasteiger partial charge is 0.368 e. The van der Waals surface area contributed by atoms with Crippen LogP contribution in [0.2, 0.25) is 0 Å². The molecule has 0 amide bonds. The Morgan fingerprint density at radius 2 is 2.30 bits per heavy atom. The first-order valence-electron chi connectivity index (χ1n) is 6.84. The third-order valence-corrected chi connectivity index (χ3v) is 4.60. The van der Waals surface area contributed by atoms with E-state index in [-0.39, 0.29) is 12.1 Å². The first-order chi connectivity index (χ1) is 9.65. The summed E-state index contributed by atoms with van der Waals surface area (Å²) in [5, 5.41) is 13.8. The van der Waals surface area contributed by atoms with Crippen LogP contribution in [0.4, 0.5) is 5.13 Å². The van der Waals surface area contributed by atoms with E-state index >= 15 is 0 Å². The highest BCUT2D eigenvalue weighted by atomic mass is 32.1. The maximum absolute atomic E-state index is 5.83. The minimum absolute atomic E-state index is 0.0265. The molecule has 20 heavy (non-hydrogen) atoms. The average Bonchev–Trinajstić information content (AvgIpc) is 3.10. The van der Waals surface area contributed by atoms with Crippen LogP contribution in [0.15, 0.2) is 12.4 Å². The Bertz CT molecular complexity index is 579. The van der Waals surface area contributed by atoms with E-state index in [1.54, 1.807) is 17.5 Å². The number of aryl methyl sites for hydroxylation is 1. The molecule has 0 spiro atoms. The maximum atomic E-state index is 5.83. The average molecular weight is 293 g/mol. The highest BCUT2D eigenvalue weighted by Crippen LogP contribution is 2.32. The van der Waals surface area contributed by atoms with Gasteiger partial charge in [-0.1, -0.05) is 25.2 Å². The molecular weight excluding hydrogens is 274 g/mol. The van der Waals surface area contributed by atoms with Crippen molar-refractivity contribution in [2.75, 3.05) is 11.9 Å². The molecule has 0 bridgehead atoms. The summed E-state index contributed by atoms with van der Waals surface area (Å²) in [6, 6.07) is 0.198. The van der Waals surface area contributed by atoms with Crippen molar-refractivity contribution in [2.24, 2.45) is 7.05 Å². The standard InChI is InChI=1S/C13H19N5OS/c1-8(2)12-16-17-13(20-12)15-9-4-7-19-10(9)11-14-5-6-18(11)3/h5-6,8-10H,4,7H2,1-3H3,(H,15,17)/t9-,10-/m0/s1. The normalized spacial score (nSPS) is 22.6. The Morgan fingerprint density at radius 1 is 1.45 bits per heavy atom. The fourth-order valence-electron chi connectivity index (χ4n) is 2.33. The van der Waals surface area contributed by atoms with Crippen LogP contribution in [0.5, 0.6) is 0 Å². The van der Waals surface area contributed by atoms with Gasteiger partial charge in [-0.2, -0.15) is 0 Å². The van der Waals surface area contributed by atoms with Crippen molar-refractivity contribution >= 4 is 16.5 Å². The topological polar surface area (TPSA) is 64.9 Å². The van der Waals surface area contributed by atoms with Gasteiger partial charge in [0.25, 0.3) is 0 Å². The summed E-state index contributed by atoms with van der Waals surface area (Å²) in [5.41, 5.74) is 0. The van der Waals surface area contributed by atoms with Crippen molar-refractivity contribution < 1.29 is 4.74 Å². The second-order valence-corrected chi connectivity index (χ2v) is 6.34. The molecule has 108 valence electrons. The van der Waals surface area contributed by atoms with E-state index in [1.165, 1.54) is 0 Å². The second kappa shape index (κ2) is 5.49. The van der Waals surface area contributed by atoms with E-state index < -0.39 is 0 Å². The summed E-state index contributed by atoms with van der Waals surface area (Å²) >= 11 is 1.62. The maximum Gasteiger partial charge on any atom is 0.206 e. The van der Waals surface area contributed by atoms with Gasteiger partial charge >= 0.3 is 0 Å². The van der Waals surface area contributed by atoms with Crippen LogP contribution in [0.1, 0.15) is 43.1 Å². The van der Waals surface area contributed by atoms with Gasteiger partial charge in [0.05, 0.1) is 6.04 Å².